The number of halogens is 2. The molecule has 1 aliphatic rings. The van der Waals surface area contributed by atoms with Crippen LogP contribution in [-0.2, 0) is 4.74 Å². The Morgan fingerprint density at radius 1 is 0.938 bits per heavy atom. The summed E-state index contributed by atoms with van der Waals surface area (Å²) < 4.78 is 7.60. The highest BCUT2D eigenvalue weighted by Gasteiger charge is 2.22. The Hall–Kier alpha value is -2.26. The third kappa shape index (κ3) is 4.45. The number of fused-ring (bicyclic) bond motifs is 1. The van der Waals surface area contributed by atoms with E-state index in [9.17, 15) is 5.11 Å². The molecule has 4 aromatic rings. The van der Waals surface area contributed by atoms with Crippen LogP contribution in [-0.4, -0.2) is 55.9 Å². The van der Waals surface area contributed by atoms with Crippen LogP contribution in [0.2, 0.25) is 0 Å². The molecule has 0 radical (unpaired) electrons. The summed E-state index contributed by atoms with van der Waals surface area (Å²) >= 11 is 4.68. The normalized spacial score (nSPS) is 14.3. The second-order valence-electron chi connectivity index (χ2n) is 7.13. The van der Waals surface area contributed by atoms with Crippen molar-refractivity contribution < 1.29 is 9.84 Å². The monoisotopic (exact) mass is 655 g/mol. The van der Waals surface area contributed by atoms with Gasteiger partial charge in [-0.2, -0.15) is 15.0 Å². The van der Waals surface area contributed by atoms with Crippen molar-refractivity contribution in [2.24, 2.45) is 0 Å². The molecule has 2 N–H and O–H groups in total. The number of para-hydroxylation sites is 2. The molecule has 0 amide bonds. The fourth-order valence-corrected chi connectivity index (χ4v) is 4.36. The molecule has 9 nitrogen and oxygen atoms in total. The Labute approximate surface area is 211 Å². The van der Waals surface area contributed by atoms with E-state index in [-0.39, 0.29) is 7.68 Å². The van der Waals surface area contributed by atoms with E-state index in [0.29, 0.717) is 49.8 Å². The number of nitrogens with one attached hydrogen (secondary N) is 1. The predicted molar refractivity (Wildman–Crippen MR) is 140 cm³/mol. The molecule has 1 fully saturated rings. The Morgan fingerprint density at radius 3 is 2.50 bits per heavy atom. The molecule has 2 aromatic heterocycles. The molecule has 164 valence electrons. The molecule has 0 bridgehead atoms. The number of hydrogen-bond donors (Lipinski definition) is 2. The van der Waals surface area contributed by atoms with E-state index >= 15 is 0 Å². The lowest BCUT2D eigenvalue weighted by Gasteiger charge is -2.27. The van der Waals surface area contributed by atoms with Crippen LogP contribution in [0.4, 0.5) is 17.6 Å². The van der Waals surface area contributed by atoms with E-state index in [4.69, 9.17) is 19.7 Å². The van der Waals surface area contributed by atoms with Crippen LogP contribution >= 0.6 is 45.2 Å². The van der Waals surface area contributed by atoms with Crippen molar-refractivity contribution in [3.8, 4) is 11.7 Å². The minimum atomic E-state index is 0.115. The van der Waals surface area contributed by atoms with Crippen LogP contribution in [0.3, 0.4) is 0 Å². The van der Waals surface area contributed by atoms with Gasteiger partial charge in [0, 0.05) is 24.8 Å². The van der Waals surface area contributed by atoms with Crippen LogP contribution in [0.5, 0.6) is 5.75 Å². The quantitative estimate of drug-likeness (QED) is 0.242. The average Bonchev–Trinajstić information content (AvgIpc) is 3.20. The van der Waals surface area contributed by atoms with Gasteiger partial charge in [0.1, 0.15) is 13.5 Å². The summed E-state index contributed by atoms with van der Waals surface area (Å²) in [5, 5.41) is 13.0. The fraction of sp³-hybridized carbons (Fsp3) is 0.238. The number of phenols is 1. The Balaban J connectivity index is 1.66. The van der Waals surface area contributed by atoms with Gasteiger partial charge in [0.15, 0.2) is 0 Å². The van der Waals surface area contributed by atoms with E-state index in [2.05, 4.69) is 60.4 Å². The summed E-state index contributed by atoms with van der Waals surface area (Å²) in [6.07, 6.45) is 0. The van der Waals surface area contributed by atoms with Gasteiger partial charge in [-0.25, -0.2) is 4.98 Å². The van der Waals surface area contributed by atoms with Gasteiger partial charge in [0.25, 0.3) is 0 Å². The van der Waals surface area contributed by atoms with Crippen LogP contribution in [0.1, 0.15) is 7.76 Å². The van der Waals surface area contributed by atoms with Crippen LogP contribution < -0.4 is 10.2 Å². The smallest absolute Gasteiger partial charge is 0.242 e. The van der Waals surface area contributed by atoms with Crippen molar-refractivity contribution in [1.82, 2.24) is 24.5 Å². The van der Waals surface area contributed by atoms with Gasteiger partial charge >= 0.3 is 0 Å². The molecular weight excluding hydrogens is 636 g/mol. The number of aromatic nitrogens is 5. The average molecular weight is 655 g/mol. The fourth-order valence-electron chi connectivity index (χ4n) is 3.53. The summed E-state index contributed by atoms with van der Waals surface area (Å²) in [5.74, 6) is 2.48. The molecule has 32 heavy (non-hydrogen) atoms. The van der Waals surface area contributed by atoms with Gasteiger partial charge in [0.05, 0.1) is 24.2 Å². The lowest BCUT2D eigenvalue weighted by atomic mass is 10.3. The molecule has 0 spiro atoms. The topological polar surface area (TPSA) is 101 Å². The van der Waals surface area contributed by atoms with Crippen molar-refractivity contribution in [3.63, 3.8) is 0 Å². The number of morpholine rings is 1. The first-order valence-electron chi connectivity index (χ1n) is 9.99. The molecular formula is C21H19I2N7O2. The predicted octanol–water partition coefficient (Wildman–Crippen LogP) is 4.36. The summed E-state index contributed by atoms with van der Waals surface area (Å²) in [5.41, 5.74) is 2.51. The van der Waals surface area contributed by atoms with Crippen molar-refractivity contribution in [2.75, 3.05) is 36.5 Å². The van der Waals surface area contributed by atoms with Crippen LogP contribution in [0.15, 0.2) is 48.5 Å². The highest BCUT2D eigenvalue weighted by molar-refractivity contribution is 14.2. The Bertz CT molecular complexity index is 1260. The number of anilines is 3. The molecule has 1 saturated heterocycles. The minimum Gasteiger partial charge on any atom is -0.508 e. The van der Waals surface area contributed by atoms with E-state index in [1.807, 2.05) is 34.9 Å². The van der Waals surface area contributed by atoms with Crippen molar-refractivity contribution in [3.05, 3.63) is 54.4 Å². The number of hydrogen-bond acceptors (Lipinski definition) is 8. The molecule has 1 aliphatic heterocycles. The maximum absolute atomic E-state index is 9.84. The van der Waals surface area contributed by atoms with E-state index < -0.39 is 0 Å². The molecule has 2 aromatic carbocycles. The van der Waals surface area contributed by atoms with E-state index in [1.54, 1.807) is 18.2 Å². The maximum Gasteiger partial charge on any atom is 0.242 e. The van der Waals surface area contributed by atoms with Crippen LogP contribution in [0.25, 0.3) is 17.0 Å². The molecule has 3 heterocycles. The summed E-state index contributed by atoms with van der Waals surface area (Å²) in [7, 11) is 0. The zero-order valence-corrected chi connectivity index (χ0v) is 21.1. The molecule has 0 aliphatic carbocycles. The zero-order valence-electron chi connectivity index (χ0n) is 16.8. The Kier molecular flexibility index (Phi) is 6.28. The number of imidazole rings is 1. The molecule has 0 saturated carbocycles. The van der Waals surface area contributed by atoms with Crippen molar-refractivity contribution in [1.29, 1.82) is 0 Å². The van der Waals surface area contributed by atoms with Gasteiger partial charge in [-0.15, -0.1) is 0 Å². The van der Waals surface area contributed by atoms with Crippen molar-refractivity contribution >= 4 is 73.8 Å². The largest absolute Gasteiger partial charge is 0.508 e. The van der Waals surface area contributed by atoms with Gasteiger partial charge in [-0.3, -0.25) is 4.57 Å². The van der Waals surface area contributed by atoms with Gasteiger partial charge in [-0.05, 0) is 24.3 Å². The van der Waals surface area contributed by atoms with Crippen LogP contribution in [0, 0.1) is 0 Å². The molecule has 11 heteroatoms. The summed E-state index contributed by atoms with van der Waals surface area (Å²) in [4.78, 5) is 21.1. The number of alkyl halides is 2. The first kappa shape index (κ1) is 21.6. The second-order valence-corrected chi connectivity index (χ2v) is 12.0. The number of rotatable bonds is 5. The van der Waals surface area contributed by atoms with Crippen molar-refractivity contribution in [2.45, 2.75) is 1.93 Å². The highest BCUT2D eigenvalue weighted by Crippen LogP contribution is 2.34. The number of nitrogens with zero attached hydrogens (tertiary/aromatic N) is 6. The summed E-state index contributed by atoms with van der Waals surface area (Å²) in [6, 6.07) is 14.8. The number of ether oxygens (including phenoxy) is 1. The Morgan fingerprint density at radius 2 is 1.72 bits per heavy atom. The number of benzene rings is 2. The lowest BCUT2D eigenvalue weighted by Crippen LogP contribution is -2.37. The first-order chi connectivity index (χ1) is 15.6. The maximum atomic E-state index is 9.84. The second kappa shape index (κ2) is 9.31. The standard InChI is InChI=1S/C21H19I2N7O2/c22-17(23)18-25-15-6-1-2-7-16(15)30(18)21-27-19(24-13-4-3-5-14(31)12-13)26-20(28-21)29-8-10-32-11-9-29/h1-7,12,17,31H,8-11H2,(H,24,26,27,28). The summed E-state index contributed by atoms with van der Waals surface area (Å²) in [6.45, 7) is 2.65. The van der Waals surface area contributed by atoms with E-state index in [0.717, 1.165) is 16.9 Å². The third-order valence-electron chi connectivity index (χ3n) is 4.99. The third-order valence-corrected chi connectivity index (χ3v) is 6.10. The number of phenolic OH excluding ortho intramolecular Hbond substituents is 1. The van der Waals surface area contributed by atoms with Gasteiger partial charge < -0.3 is 20.1 Å². The molecule has 5 rings (SSSR count). The molecule has 0 unspecified atom stereocenters. The molecule has 0 atom stereocenters. The van der Waals surface area contributed by atoms with Gasteiger partial charge in [0.2, 0.25) is 17.8 Å². The first-order valence-corrected chi connectivity index (χ1v) is 12.5. The van der Waals surface area contributed by atoms with Gasteiger partial charge in [-0.1, -0.05) is 63.4 Å². The number of aromatic hydroxyl groups is 1. The lowest BCUT2D eigenvalue weighted by molar-refractivity contribution is 0.122. The van der Waals surface area contributed by atoms with E-state index in [1.165, 1.54) is 0 Å². The highest BCUT2D eigenvalue weighted by atomic mass is 127. The zero-order chi connectivity index (χ0) is 22.1. The minimum absolute atomic E-state index is 0.115. The SMILES string of the molecule is Oc1cccc(Nc2nc(N3CCOCC3)nc(-n3c(C(I)I)nc4ccccc43)n2)c1.